The van der Waals surface area contributed by atoms with E-state index in [2.05, 4.69) is 10.6 Å². The lowest BCUT2D eigenvalue weighted by molar-refractivity contribution is -0.120. The Labute approximate surface area is 144 Å². The molecule has 0 saturated carbocycles. The Hall–Kier alpha value is -2.54. The highest BCUT2D eigenvalue weighted by Gasteiger charge is 2.14. The smallest absolute Gasteiger partial charge is 0.261 e. The first-order valence-electron chi connectivity index (χ1n) is 7.38. The minimum Gasteiger partial charge on any atom is -0.493 e. The minimum absolute atomic E-state index is 0.0750. The van der Waals surface area contributed by atoms with Crippen LogP contribution in [-0.4, -0.2) is 32.6 Å². The summed E-state index contributed by atoms with van der Waals surface area (Å²) in [5.41, 5.74) is 0.880. The number of hydrogen-bond donors (Lipinski definition) is 2. The first-order valence-corrected chi connectivity index (χ1v) is 8.26. The van der Waals surface area contributed by atoms with Crippen LogP contribution in [0.15, 0.2) is 35.7 Å². The summed E-state index contributed by atoms with van der Waals surface area (Å²) in [6, 6.07) is 8.74. The molecule has 0 saturated heterocycles. The highest BCUT2D eigenvalue weighted by atomic mass is 32.1. The second kappa shape index (κ2) is 8.35. The third-order valence-electron chi connectivity index (χ3n) is 3.44. The third-order valence-corrected chi connectivity index (χ3v) is 4.31. The molecule has 1 aromatic carbocycles. The van der Waals surface area contributed by atoms with Gasteiger partial charge >= 0.3 is 0 Å². The summed E-state index contributed by atoms with van der Waals surface area (Å²) in [6.07, 6.45) is 0. The first kappa shape index (κ1) is 17.8. The molecule has 0 radical (unpaired) electrons. The molecular formula is C17H20N2O4S. The van der Waals surface area contributed by atoms with Gasteiger partial charge in [-0.05, 0) is 36.1 Å². The molecule has 0 fully saturated rings. The second-order valence-corrected chi connectivity index (χ2v) is 6.01. The van der Waals surface area contributed by atoms with Crippen molar-refractivity contribution in [2.24, 2.45) is 0 Å². The van der Waals surface area contributed by atoms with Gasteiger partial charge in [-0.1, -0.05) is 12.1 Å². The van der Waals surface area contributed by atoms with E-state index in [9.17, 15) is 9.59 Å². The Kier molecular flexibility index (Phi) is 6.20. The number of hydrogen-bond acceptors (Lipinski definition) is 5. The van der Waals surface area contributed by atoms with Gasteiger partial charge in [0.15, 0.2) is 11.5 Å². The first-order chi connectivity index (χ1) is 11.5. The van der Waals surface area contributed by atoms with Crippen LogP contribution in [0.4, 0.5) is 0 Å². The summed E-state index contributed by atoms with van der Waals surface area (Å²) >= 11 is 1.33. The van der Waals surface area contributed by atoms with Gasteiger partial charge in [-0.25, -0.2) is 0 Å². The Morgan fingerprint density at radius 3 is 2.54 bits per heavy atom. The van der Waals surface area contributed by atoms with E-state index in [4.69, 9.17) is 9.47 Å². The number of carbonyl (C=O) groups is 2. The number of nitrogens with one attached hydrogen (secondary N) is 2. The van der Waals surface area contributed by atoms with E-state index in [1.165, 1.54) is 11.3 Å². The van der Waals surface area contributed by atoms with E-state index in [0.29, 0.717) is 16.4 Å². The quantitative estimate of drug-likeness (QED) is 0.805. The van der Waals surface area contributed by atoms with E-state index in [1.807, 2.05) is 24.4 Å². The molecule has 1 unspecified atom stereocenters. The van der Waals surface area contributed by atoms with E-state index in [-0.39, 0.29) is 24.4 Å². The average molecular weight is 348 g/mol. The fourth-order valence-corrected chi connectivity index (χ4v) is 2.79. The maximum Gasteiger partial charge on any atom is 0.261 e. The van der Waals surface area contributed by atoms with Crippen molar-refractivity contribution < 1.29 is 19.1 Å². The summed E-state index contributed by atoms with van der Waals surface area (Å²) < 4.78 is 10.5. The molecule has 1 atom stereocenters. The lowest BCUT2D eigenvalue weighted by Crippen LogP contribution is -2.37. The molecule has 2 amide bonds. The van der Waals surface area contributed by atoms with E-state index >= 15 is 0 Å². The summed E-state index contributed by atoms with van der Waals surface area (Å²) in [5, 5.41) is 7.25. The van der Waals surface area contributed by atoms with Crippen molar-refractivity contribution >= 4 is 23.2 Å². The van der Waals surface area contributed by atoms with Crippen molar-refractivity contribution in [2.75, 3.05) is 20.8 Å². The number of ether oxygens (including phenoxy) is 2. The second-order valence-electron chi connectivity index (χ2n) is 5.06. The number of amides is 2. The lowest BCUT2D eigenvalue weighted by atomic mass is 10.1. The zero-order valence-corrected chi connectivity index (χ0v) is 14.6. The molecule has 6 nitrogen and oxygen atoms in total. The fourth-order valence-electron chi connectivity index (χ4n) is 2.15. The van der Waals surface area contributed by atoms with Crippen LogP contribution >= 0.6 is 11.3 Å². The van der Waals surface area contributed by atoms with Crippen molar-refractivity contribution in [1.82, 2.24) is 10.6 Å². The van der Waals surface area contributed by atoms with Gasteiger partial charge in [0, 0.05) is 0 Å². The van der Waals surface area contributed by atoms with Crippen LogP contribution < -0.4 is 20.1 Å². The molecule has 2 aromatic rings. The van der Waals surface area contributed by atoms with Crippen LogP contribution in [-0.2, 0) is 4.79 Å². The van der Waals surface area contributed by atoms with Gasteiger partial charge in [-0.15, -0.1) is 11.3 Å². The van der Waals surface area contributed by atoms with Crippen LogP contribution in [0.2, 0.25) is 0 Å². The molecule has 7 heteroatoms. The summed E-state index contributed by atoms with van der Waals surface area (Å²) in [4.78, 5) is 24.4. The fraction of sp³-hybridized carbons (Fsp3) is 0.294. The molecule has 128 valence electrons. The molecular weight excluding hydrogens is 328 g/mol. The van der Waals surface area contributed by atoms with Crippen LogP contribution in [0.5, 0.6) is 11.5 Å². The summed E-state index contributed by atoms with van der Waals surface area (Å²) in [7, 11) is 3.13. The van der Waals surface area contributed by atoms with Crippen molar-refractivity contribution in [3.63, 3.8) is 0 Å². The minimum atomic E-state index is -0.262. The van der Waals surface area contributed by atoms with Crippen molar-refractivity contribution in [2.45, 2.75) is 13.0 Å². The Morgan fingerprint density at radius 1 is 1.17 bits per heavy atom. The predicted molar refractivity (Wildman–Crippen MR) is 92.8 cm³/mol. The lowest BCUT2D eigenvalue weighted by Gasteiger charge is -2.16. The monoisotopic (exact) mass is 348 g/mol. The average Bonchev–Trinajstić information content (AvgIpc) is 3.13. The van der Waals surface area contributed by atoms with Crippen LogP contribution in [0, 0.1) is 0 Å². The van der Waals surface area contributed by atoms with Gasteiger partial charge in [-0.2, -0.15) is 0 Å². The SMILES string of the molecule is COc1ccc(C(C)NC(=O)CNC(=O)c2cccs2)cc1OC. The topological polar surface area (TPSA) is 76.7 Å². The summed E-state index contributed by atoms with van der Waals surface area (Å²) in [6.45, 7) is 1.79. The van der Waals surface area contributed by atoms with Gasteiger partial charge in [0.05, 0.1) is 31.7 Å². The van der Waals surface area contributed by atoms with Crippen molar-refractivity contribution in [3.8, 4) is 11.5 Å². The Morgan fingerprint density at radius 2 is 1.92 bits per heavy atom. The van der Waals surface area contributed by atoms with E-state index in [1.54, 1.807) is 32.4 Å². The van der Waals surface area contributed by atoms with Gasteiger partial charge in [-0.3, -0.25) is 9.59 Å². The molecule has 0 spiro atoms. The van der Waals surface area contributed by atoms with Crippen molar-refractivity contribution in [3.05, 3.63) is 46.2 Å². The predicted octanol–water partition coefficient (Wildman–Crippen LogP) is 2.37. The largest absolute Gasteiger partial charge is 0.493 e. The van der Waals surface area contributed by atoms with Gasteiger partial charge in [0.1, 0.15) is 0 Å². The highest BCUT2D eigenvalue weighted by Crippen LogP contribution is 2.29. The van der Waals surface area contributed by atoms with Crippen LogP contribution in [0.25, 0.3) is 0 Å². The Bertz CT molecular complexity index is 701. The standard InChI is InChI=1S/C17H20N2O4S/c1-11(12-6-7-13(22-2)14(9-12)23-3)19-16(20)10-18-17(21)15-5-4-8-24-15/h4-9,11H,10H2,1-3H3,(H,18,21)(H,19,20). The van der Waals surface area contributed by atoms with Gasteiger partial charge < -0.3 is 20.1 Å². The van der Waals surface area contributed by atoms with Crippen molar-refractivity contribution in [1.29, 1.82) is 0 Å². The molecule has 2 N–H and O–H groups in total. The van der Waals surface area contributed by atoms with E-state index in [0.717, 1.165) is 5.56 Å². The number of carbonyl (C=O) groups excluding carboxylic acids is 2. The molecule has 0 aliphatic rings. The normalized spacial score (nSPS) is 11.5. The third kappa shape index (κ3) is 4.48. The zero-order chi connectivity index (χ0) is 17.5. The molecule has 1 aromatic heterocycles. The number of methoxy groups -OCH3 is 2. The molecule has 0 bridgehead atoms. The molecule has 0 aliphatic heterocycles. The molecule has 2 rings (SSSR count). The Balaban J connectivity index is 1.90. The number of thiophene rings is 1. The number of benzene rings is 1. The molecule has 1 heterocycles. The number of rotatable bonds is 7. The maximum atomic E-state index is 12.0. The summed E-state index contributed by atoms with van der Waals surface area (Å²) in [5.74, 6) is 0.714. The zero-order valence-electron chi connectivity index (χ0n) is 13.8. The van der Waals surface area contributed by atoms with Crippen LogP contribution in [0.1, 0.15) is 28.2 Å². The maximum absolute atomic E-state index is 12.0. The van der Waals surface area contributed by atoms with Gasteiger partial charge in [0.25, 0.3) is 5.91 Å². The van der Waals surface area contributed by atoms with Gasteiger partial charge in [0.2, 0.25) is 5.91 Å². The highest BCUT2D eigenvalue weighted by molar-refractivity contribution is 7.12. The molecule has 0 aliphatic carbocycles. The van der Waals surface area contributed by atoms with Crippen LogP contribution in [0.3, 0.4) is 0 Å². The molecule has 24 heavy (non-hydrogen) atoms. The van der Waals surface area contributed by atoms with E-state index < -0.39 is 0 Å².